The Hall–Kier alpha value is -1.96. The maximum Gasteiger partial charge on any atom is 0.269 e. The Morgan fingerprint density at radius 1 is 1.39 bits per heavy atom. The van der Waals surface area contributed by atoms with Crippen molar-refractivity contribution < 1.29 is 9.90 Å². The van der Waals surface area contributed by atoms with E-state index in [1.165, 1.54) is 0 Å². The van der Waals surface area contributed by atoms with Crippen LogP contribution in [0.3, 0.4) is 0 Å². The maximum absolute atomic E-state index is 12.8. The summed E-state index contributed by atoms with van der Waals surface area (Å²) >= 11 is 0. The molecular formula is C16H23N5O2. The van der Waals surface area contributed by atoms with Crippen molar-refractivity contribution in [1.82, 2.24) is 26.1 Å². The minimum atomic E-state index is -0.987. The third-order valence-electron chi connectivity index (χ3n) is 4.11. The molecule has 1 aromatic rings. The predicted octanol–water partition coefficient (Wildman–Crippen LogP) is 0.457. The van der Waals surface area contributed by atoms with Gasteiger partial charge in [0.05, 0.1) is 18.0 Å². The number of pyridine rings is 1. The first kappa shape index (κ1) is 15.9. The molecule has 2 aliphatic rings. The predicted molar refractivity (Wildman–Crippen MR) is 86.1 cm³/mol. The number of amides is 1. The zero-order chi connectivity index (χ0) is 16.8. The zero-order valence-corrected chi connectivity index (χ0v) is 13.8. The van der Waals surface area contributed by atoms with Gasteiger partial charge in [0.2, 0.25) is 0 Å². The molecule has 0 aromatic carbocycles. The van der Waals surface area contributed by atoms with Gasteiger partial charge in [0.25, 0.3) is 5.91 Å². The molecule has 2 aliphatic heterocycles. The van der Waals surface area contributed by atoms with Gasteiger partial charge in [-0.1, -0.05) is 13.8 Å². The van der Waals surface area contributed by atoms with Crippen molar-refractivity contribution in [1.29, 1.82) is 0 Å². The van der Waals surface area contributed by atoms with Crippen LogP contribution in [-0.2, 0) is 10.4 Å². The second kappa shape index (κ2) is 5.59. The minimum absolute atomic E-state index is 0.0441. The number of hydrogen-bond acceptors (Lipinski definition) is 6. The highest BCUT2D eigenvalue weighted by atomic mass is 16.3. The maximum atomic E-state index is 12.8. The van der Waals surface area contributed by atoms with E-state index in [0.717, 1.165) is 11.3 Å². The molecule has 1 fully saturated rings. The lowest BCUT2D eigenvalue weighted by Gasteiger charge is -2.35. The highest BCUT2D eigenvalue weighted by molar-refractivity contribution is 6.02. The van der Waals surface area contributed by atoms with Crippen molar-refractivity contribution >= 4 is 11.6 Å². The minimum Gasteiger partial charge on any atom is -0.386 e. The summed E-state index contributed by atoms with van der Waals surface area (Å²) in [7, 11) is 0. The number of nitrogens with one attached hydrogen (secondary N) is 3. The molecule has 0 spiro atoms. The Labute approximate surface area is 135 Å². The number of aromatic nitrogens is 1. The van der Waals surface area contributed by atoms with E-state index < -0.39 is 5.60 Å². The number of fused-ring (bicyclic) bond motifs is 1. The summed E-state index contributed by atoms with van der Waals surface area (Å²) in [5.41, 5.74) is 5.01. The van der Waals surface area contributed by atoms with Crippen molar-refractivity contribution in [2.75, 3.05) is 6.67 Å². The Balaban J connectivity index is 2.10. The molecule has 1 atom stereocenters. The molecule has 1 amide bonds. The lowest BCUT2D eigenvalue weighted by Crippen LogP contribution is -2.56. The monoisotopic (exact) mass is 317 g/mol. The third kappa shape index (κ3) is 2.83. The summed E-state index contributed by atoms with van der Waals surface area (Å²) < 4.78 is 0. The van der Waals surface area contributed by atoms with Crippen LogP contribution in [0.5, 0.6) is 0 Å². The van der Waals surface area contributed by atoms with E-state index in [2.05, 4.69) is 21.0 Å². The van der Waals surface area contributed by atoms with Gasteiger partial charge >= 0.3 is 0 Å². The van der Waals surface area contributed by atoms with Gasteiger partial charge < -0.3 is 10.4 Å². The molecule has 124 valence electrons. The fraction of sp³-hybridized carbons (Fsp3) is 0.500. The third-order valence-corrected chi connectivity index (χ3v) is 4.11. The second-order valence-corrected chi connectivity index (χ2v) is 6.73. The number of nitrogens with zero attached hydrogens (tertiary/aromatic N) is 2. The zero-order valence-electron chi connectivity index (χ0n) is 13.8. The lowest BCUT2D eigenvalue weighted by atomic mass is 9.93. The fourth-order valence-electron chi connectivity index (χ4n) is 2.85. The lowest BCUT2D eigenvalue weighted by molar-refractivity contribution is -0.132. The van der Waals surface area contributed by atoms with Crippen molar-refractivity contribution in [3.8, 4) is 0 Å². The van der Waals surface area contributed by atoms with E-state index in [1.807, 2.05) is 19.9 Å². The molecule has 1 unspecified atom stereocenters. The van der Waals surface area contributed by atoms with Crippen molar-refractivity contribution in [3.63, 3.8) is 0 Å². The van der Waals surface area contributed by atoms with Crippen LogP contribution in [0.2, 0.25) is 0 Å². The van der Waals surface area contributed by atoms with E-state index in [-0.39, 0.29) is 18.1 Å². The summed E-state index contributed by atoms with van der Waals surface area (Å²) in [5, 5.41) is 18.3. The van der Waals surface area contributed by atoms with Crippen LogP contribution in [-0.4, -0.2) is 34.0 Å². The van der Waals surface area contributed by atoms with Gasteiger partial charge in [-0.3, -0.25) is 15.1 Å². The van der Waals surface area contributed by atoms with Crippen LogP contribution < -0.4 is 16.1 Å². The quantitative estimate of drug-likeness (QED) is 0.647. The molecule has 1 aromatic heterocycles. The molecule has 23 heavy (non-hydrogen) atoms. The van der Waals surface area contributed by atoms with Gasteiger partial charge in [-0.25, -0.2) is 10.4 Å². The van der Waals surface area contributed by atoms with Crippen molar-refractivity contribution in [2.24, 2.45) is 5.92 Å². The largest absolute Gasteiger partial charge is 0.386 e. The molecule has 3 rings (SSSR count). The highest BCUT2D eigenvalue weighted by Crippen LogP contribution is 2.30. The average molecular weight is 317 g/mol. The summed E-state index contributed by atoms with van der Waals surface area (Å²) in [6.45, 7) is 7.95. The number of carbonyl (C=O) groups excluding carboxylic acids is 1. The van der Waals surface area contributed by atoms with E-state index in [9.17, 15) is 9.90 Å². The SMILES string of the molecule is CC(C)C1=C(c2cncc(C(C)(C)O)c2)NC2NCNN2C1=O. The van der Waals surface area contributed by atoms with E-state index >= 15 is 0 Å². The molecule has 7 heteroatoms. The van der Waals surface area contributed by atoms with Crippen LogP contribution >= 0.6 is 0 Å². The van der Waals surface area contributed by atoms with Gasteiger partial charge in [-0.05, 0) is 25.8 Å². The van der Waals surface area contributed by atoms with Crippen molar-refractivity contribution in [3.05, 3.63) is 35.2 Å². The summed E-state index contributed by atoms with van der Waals surface area (Å²) in [4.78, 5) is 17.0. The van der Waals surface area contributed by atoms with Crippen LogP contribution in [0.25, 0.3) is 5.70 Å². The second-order valence-electron chi connectivity index (χ2n) is 6.73. The first-order valence-electron chi connectivity index (χ1n) is 7.78. The van der Waals surface area contributed by atoms with Gasteiger partial charge in [0, 0.05) is 29.1 Å². The number of carbonyl (C=O) groups is 1. The van der Waals surface area contributed by atoms with Gasteiger partial charge in [-0.2, -0.15) is 0 Å². The Morgan fingerprint density at radius 3 is 2.78 bits per heavy atom. The van der Waals surface area contributed by atoms with Crippen LogP contribution in [0.4, 0.5) is 0 Å². The van der Waals surface area contributed by atoms with Gasteiger partial charge in [0.1, 0.15) is 0 Å². The smallest absolute Gasteiger partial charge is 0.269 e. The number of rotatable bonds is 3. The molecule has 4 N–H and O–H groups in total. The summed E-state index contributed by atoms with van der Waals surface area (Å²) in [6, 6.07) is 1.88. The average Bonchev–Trinajstić information content (AvgIpc) is 2.94. The van der Waals surface area contributed by atoms with Crippen molar-refractivity contribution in [2.45, 2.75) is 39.6 Å². The molecule has 0 bridgehead atoms. The number of hydrazine groups is 1. The highest BCUT2D eigenvalue weighted by Gasteiger charge is 2.38. The number of aliphatic hydroxyl groups is 1. The Bertz CT molecular complexity index is 663. The van der Waals surface area contributed by atoms with E-state index in [0.29, 0.717) is 17.8 Å². The first-order valence-corrected chi connectivity index (χ1v) is 7.78. The van der Waals surface area contributed by atoms with Crippen LogP contribution in [0, 0.1) is 5.92 Å². The first-order chi connectivity index (χ1) is 10.8. The van der Waals surface area contributed by atoms with Crippen LogP contribution in [0.15, 0.2) is 24.0 Å². The van der Waals surface area contributed by atoms with E-state index in [1.54, 1.807) is 31.3 Å². The molecular weight excluding hydrogens is 294 g/mol. The fourth-order valence-corrected chi connectivity index (χ4v) is 2.85. The standard InChI is InChI=1S/C16H23N5O2/c1-9(2)12-13(20-15-18-8-19-21(15)14(12)22)10-5-11(7-17-6-10)16(3,4)23/h5-7,9,15,18-20,23H,8H2,1-4H3. The van der Waals surface area contributed by atoms with Gasteiger partial charge in [0.15, 0.2) is 6.29 Å². The molecule has 0 aliphatic carbocycles. The Morgan fingerprint density at radius 2 is 2.13 bits per heavy atom. The topological polar surface area (TPSA) is 89.5 Å². The van der Waals surface area contributed by atoms with Gasteiger partial charge in [-0.15, -0.1) is 0 Å². The Kier molecular flexibility index (Phi) is 3.87. The molecule has 3 heterocycles. The molecule has 0 saturated carbocycles. The van der Waals surface area contributed by atoms with Crippen LogP contribution in [0.1, 0.15) is 38.8 Å². The molecule has 1 saturated heterocycles. The number of hydrogen-bond donors (Lipinski definition) is 4. The summed E-state index contributed by atoms with van der Waals surface area (Å²) in [5.74, 6) is 0.0107. The molecule has 7 nitrogen and oxygen atoms in total. The molecule has 0 radical (unpaired) electrons. The summed E-state index contributed by atoms with van der Waals surface area (Å²) in [6.07, 6.45) is 3.07. The normalized spacial score (nSPS) is 21.7. The van der Waals surface area contributed by atoms with E-state index in [4.69, 9.17) is 0 Å².